The summed E-state index contributed by atoms with van der Waals surface area (Å²) in [7, 11) is 0. The fraction of sp³-hybridized carbons (Fsp3) is 0.333. The Morgan fingerprint density at radius 2 is 1.55 bits per heavy atom. The summed E-state index contributed by atoms with van der Waals surface area (Å²) in [5.41, 5.74) is 4.91. The first-order valence-electron chi connectivity index (χ1n) is 7.00. The first-order valence-corrected chi connectivity index (χ1v) is 7.00. The van der Waals surface area contributed by atoms with Crippen molar-refractivity contribution in [1.29, 1.82) is 0 Å². The third-order valence-corrected chi connectivity index (χ3v) is 3.83. The average Bonchev–Trinajstić information content (AvgIpc) is 2.44. The quantitative estimate of drug-likeness (QED) is 0.877. The molecule has 1 atom stereocenters. The molecule has 0 aliphatic heterocycles. The maximum atomic E-state index is 12.9. The maximum absolute atomic E-state index is 12.9. The number of hydrogen-bond donors (Lipinski definition) is 1. The monoisotopic (exact) mass is 272 g/mol. The third-order valence-electron chi connectivity index (χ3n) is 3.83. The first kappa shape index (κ1) is 14.7. The molecule has 1 unspecified atom stereocenters. The van der Waals surface area contributed by atoms with E-state index in [4.69, 9.17) is 0 Å². The van der Waals surface area contributed by atoms with Gasteiger partial charge in [0.25, 0.3) is 0 Å². The van der Waals surface area contributed by atoms with Gasteiger partial charge in [0, 0.05) is 6.61 Å². The molecule has 2 rings (SSSR count). The highest BCUT2D eigenvalue weighted by Crippen LogP contribution is 2.20. The van der Waals surface area contributed by atoms with Gasteiger partial charge in [-0.15, -0.1) is 0 Å². The molecule has 20 heavy (non-hydrogen) atoms. The second kappa shape index (κ2) is 6.67. The highest BCUT2D eigenvalue weighted by atomic mass is 19.1. The fourth-order valence-electron chi connectivity index (χ4n) is 2.61. The van der Waals surface area contributed by atoms with Crippen LogP contribution >= 0.6 is 0 Å². The van der Waals surface area contributed by atoms with Crippen LogP contribution in [0.2, 0.25) is 0 Å². The number of hydrogen-bond acceptors (Lipinski definition) is 1. The van der Waals surface area contributed by atoms with E-state index in [1.807, 2.05) is 0 Å². The molecule has 0 saturated heterocycles. The lowest BCUT2D eigenvalue weighted by Crippen LogP contribution is -2.14. The van der Waals surface area contributed by atoms with E-state index in [0.717, 1.165) is 18.4 Å². The number of aliphatic hydroxyl groups is 1. The van der Waals surface area contributed by atoms with Crippen LogP contribution in [0, 0.1) is 25.6 Å². The van der Waals surface area contributed by atoms with Crippen LogP contribution in [0.3, 0.4) is 0 Å². The maximum Gasteiger partial charge on any atom is 0.123 e. The molecule has 0 saturated carbocycles. The smallest absolute Gasteiger partial charge is 0.123 e. The second-order valence-corrected chi connectivity index (χ2v) is 5.45. The van der Waals surface area contributed by atoms with E-state index in [-0.39, 0.29) is 18.3 Å². The molecular formula is C18H21FO. The molecule has 0 bridgehead atoms. The lowest BCUT2D eigenvalue weighted by molar-refractivity contribution is 0.224. The van der Waals surface area contributed by atoms with Crippen molar-refractivity contribution in [3.63, 3.8) is 0 Å². The minimum Gasteiger partial charge on any atom is -0.396 e. The van der Waals surface area contributed by atoms with Crippen LogP contribution in [0.25, 0.3) is 0 Å². The summed E-state index contributed by atoms with van der Waals surface area (Å²) in [6, 6.07) is 12.8. The van der Waals surface area contributed by atoms with Gasteiger partial charge in [-0.2, -0.15) is 0 Å². The Labute approximate surface area is 120 Å². The van der Waals surface area contributed by atoms with Gasteiger partial charge in [0.15, 0.2) is 0 Å². The van der Waals surface area contributed by atoms with Crippen molar-refractivity contribution >= 4 is 0 Å². The highest BCUT2D eigenvalue weighted by Gasteiger charge is 2.13. The zero-order chi connectivity index (χ0) is 14.5. The van der Waals surface area contributed by atoms with Crippen LogP contribution in [0.1, 0.15) is 22.3 Å². The van der Waals surface area contributed by atoms with Crippen LogP contribution in [0.15, 0.2) is 42.5 Å². The lowest BCUT2D eigenvalue weighted by Gasteiger charge is -2.17. The van der Waals surface area contributed by atoms with Gasteiger partial charge in [0.1, 0.15) is 5.82 Å². The average molecular weight is 272 g/mol. The Kier molecular flexibility index (Phi) is 4.91. The van der Waals surface area contributed by atoms with Gasteiger partial charge < -0.3 is 5.11 Å². The van der Waals surface area contributed by atoms with Crippen molar-refractivity contribution in [3.05, 3.63) is 70.5 Å². The molecule has 0 aliphatic carbocycles. The van der Waals surface area contributed by atoms with E-state index in [1.54, 1.807) is 12.1 Å². The molecule has 0 radical (unpaired) electrons. The second-order valence-electron chi connectivity index (χ2n) is 5.45. The summed E-state index contributed by atoms with van der Waals surface area (Å²) >= 11 is 0. The van der Waals surface area contributed by atoms with Crippen molar-refractivity contribution in [3.8, 4) is 0 Å². The fourth-order valence-corrected chi connectivity index (χ4v) is 2.61. The largest absolute Gasteiger partial charge is 0.396 e. The predicted molar refractivity (Wildman–Crippen MR) is 80.3 cm³/mol. The molecule has 1 N–H and O–H groups in total. The normalized spacial score (nSPS) is 12.4. The van der Waals surface area contributed by atoms with Gasteiger partial charge >= 0.3 is 0 Å². The zero-order valence-corrected chi connectivity index (χ0v) is 12.1. The molecule has 2 aromatic carbocycles. The molecule has 1 nitrogen and oxygen atoms in total. The predicted octanol–water partition coefficient (Wildman–Crippen LogP) is 3.84. The lowest BCUT2D eigenvalue weighted by atomic mass is 9.89. The van der Waals surface area contributed by atoms with E-state index in [9.17, 15) is 9.50 Å². The van der Waals surface area contributed by atoms with E-state index >= 15 is 0 Å². The van der Waals surface area contributed by atoms with E-state index < -0.39 is 0 Å². The number of benzene rings is 2. The van der Waals surface area contributed by atoms with Gasteiger partial charge in [-0.05, 0) is 67.0 Å². The minimum absolute atomic E-state index is 0.144. The summed E-state index contributed by atoms with van der Waals surface area (Å²) in [5, 5.41) is 9.61. The topological polar surface area (TPSA) is 20.2 Å². The summed E-state index contributed by atoms with van der Waals surface area (Å²) in [6.07, 6.45) is 1.62. The van der Waals surface area contributed by atoms with Crippen LogP contribution in [0.4, 0.5) is 4.39 Å². The Balaban J connectivity index is 2.11. The molecule has 0 spiro atoms. The van der Waals surface area contributed by atoms with Crippen LogP contribution in [-0.2, 0) is 12.8 Å². The molecule has 2 aromatic rings. The van der Waals surface area contributed by atoms with Gasteiger partial charge in [0.2, 0.25) is 0 Å². The SMILES string of the molecule is Cc1cccc(C)c1CC(CO)Cc1ccc(F)cc1. The standard InChI is InChI=1S/C18H21FO/c1-13-4-3-5-14(2)18(13)11-16(12-20)10-15-6-8-17(19)9-7-15/h3-9,16,20H,10-12H2,1-2H3. The van der Waals surface area contributed by atoms with E-state index in [0.29, 0.717) is 0 Å². The summed E-state index contributed by atoms with van der Waals surface area (Å²) in [5.74, 6) is -0.0516. The number of aliphatic hydroxyl groups excluding tert-OH is 1. The van der Waals surface area contributed by atoms with Gasteiger partial charge in [-0.3, -0.25) is 0 Å². The molecule has 0 heterocycles. The summed E-state index contributed by atoms with van der Waals surface area (Å²) < 4.78 is 12.9. The summed E-state index contributed by atoms with van der Waals surface area (Å²) in [6.45, 7) is 4.36. The van der Waals surface area contributed by atoms with Gasteiger partial charge in [0.05, 0.1) is 0 Å². The number of halogens is 1. The Hall–Kier alpha value is -1.67. The van der Waals surface area contributed by atoms with Crippen molar-refractivity contribution in [2.45, 2.75) is 26.7 Å². The third kappa shape index (κ3) is 3.67. The van der Waals surface area contributed by atoms with Crippen molar-refractivity contribution in [2.24, 2.45) is 5.92 Å². The molecule has 0 aromatic heterocycles. The van der Waals surface area contributed by atoms with Crippen molar-refractivity contribution < 1.29 is 9.50 Å². The molecular weight excluding hydrogens is 251 g/mol. The Morgan fingerprint density at radius 1 is 0.950 bits per heavy atom. The number of rotatable bonds is 5. The highest BCUT2D eigenvalue weighted by molar-refractivity contribution is 5.34. The summed E-state index contributed by atoms with van der Waals surface area (Å²) in [4.78, 5) is 0. The Bertz CT molecular complexity index is 540. The van der Waals surface area contributed by atoms with Crippen LogP contribution < -0.4 is 0 Å². The van der Waals surface area contributed by atoms with E-state index in [1.165, 1.54) is 28.8 Å². The van der Waals surface area contributed by atoms with Crippen LogP contribution in [-0.4, -0.2) is 11.7 Å². The molecule has 0 aliphatic rings. The van der Waals surface area contributed by atoms with E-state index in [2.05, 4.69) is 32.0 Å². The van der Waals surface area contributed by atoms with Crippen LogP contribution in [0.5, 0.6) is 0 Å². The van der Waals surface area contributed by atoms with Gasteiger partial charge in [-0.25, -0.2) is 4.39 Å². The minimum atomic E-state index is -0.218. The first-order chi connectivity index (χ1) is 9.60. The zero-order valence-electron chi connectivity index (χ0n) is 12.1. The molecule has 0 amide bonds. The van der Waals surface area contributed by atoms with Crippen molar-refractivity contribution in [1.82, 2.24) is 0 Å². The Morgan fingerprint density at radius 3 is 2.10 bits per heavy atom. The molecule has 0 fully saturated rings. The number of aryl methyl sites for hydroxylation is 2. The molecule has 106 valence electrons. The van der Waals surface area contributed by atoms with Crippen molar-refractivity contribution in [2.75, 3.05) is 6.61 Å². The van der Waals surface area contributed by atoms with Gasteiger partial charge in [-0.1, -0.05) is 30.3 Å². The molecule has 2 heteroatoms.